The number of sulfonamides is 1. The number of nitrogens with two attached hydrogens (primary N) is 1. The Hall–Kier alpha value is -1.12. The molecule has 0 spiro atoms. The van der Waals surface area contributed by atoms with Gasteiger partial charge in [-0.2, -0.15) is 9.40 Å². The standard InChI is InChI=1S/C12H25N5O2S/c1-6-7-17(9-8-15(3)4)20(18,19)11-10(2)16(5)14-12(11)13/h6-9H2,1-5H3,(H2,13,14). The summed E-state index contributed by atoms with van der Waals surface area (Å²) in [5.74, 6) is 0.0657. The Kier molecular flexibility index (Phi) is 5.55. The molecule has 0 aromatic carbocycles. The number of nitrogens with zero attached hydrogens (tertiary/aromatic N) is 4. The van der Waals surface area contributed by atoms with Crippen LogP contribution in [0, 0.1) is 6.92 Å². The van der Waals surface area contributed by atoms with Gasteiger partial charge < -0.3 is 10.6 Å². The summed E-state index contributed by atoms with van der Waals surface area (Å²) in [6, 6.07) is 0. The third-order valence-electron chi connectivity index (χ3n) is 3.17. The van der Waals surface area contributed by atoms with Crippen molar-refractivity contribution in [2.24, 2.45) is 7.05 Å². The molecule has 0 aliphatic carbocycles. The number of rotatable bonds is 7. The van der Waals surface area contributed by atoms with Crippen molar-refractivity contribution in [3.05, 3.63) is 5.69 Å². The maximum absolute atomic E-state index is 12.8. The van der Waals surface area contributed by atoms with E-state index in [1.165, 1.54) is 8.99 Å². The molecule has 0 unspecified atom stereocenters. The molecule has 0 amide bonds. The topological polar surface area (TPSA) is 84.5 Å². The number of aryl methyl sites for hydroxylation is 1. The van der Waals surface area contributed by atoms with Gasteiger partial charge in [0.05, 0.1) is 5.69 Å². The summed E-state index contributed by atoms with van der Waals surface area (Å²) < 4.78 is 28.5. The zero-order chi connectivity index (χ0) is 15.5. The van der Waals surface area contributed by atoms with Crippen molar-refractivity contribution in [2.75, 3.05) is 39.5 Å². The van der Waals surface area contributed by atoms with Crippen molar-refractivity contribution in [3.63, 3.8) is 0 Å². The van der Waals surface area contributed by atoms with Crippen LogP contribution in [-0.4, -0.2) is 61.1 Å². The first kappa shape index (κ1) is 16.9. The van der Waals surface area contributed by atoms with Crippen molar-refractivity contribution in [1.82, 2.24) is 19.0 Å². The van der Waals surface area contributed by atoms with Crippen molar-refractivity contribution >= 4 is 15.8 Å². The molecule has 1 aromatic rings. The van der Waals surface area contributed by atoms with Crippen molar-refractivity contribution < 1.29 is 8.42 Å². The van der Waals surface area contributed by atoms with Crippen LogP contribution in [0.3, 0.4) is 0 Å². The molecule has 0 atom stereocenters. The van der Waals surface area contributed by atoms with Gasteiger partial charge in [-0.05, 0) is 27.4 Å². The molecule has 1 heterocycles. The van der Waals surface area contributed by atoms with Gasteiger partial charge in [0.25, 0.3) is 0 Å². The Morgan fingerprint density at radius 1 is 1.25 bits per heavy atom. The second kappa shape index (κ2) is 6.55. The van der Waals surface area contributed by atoms with E-state index in [1.54, 1.807) is 14.0 Å². The number of nitrogen functional groups attached to an aromatic ring is 1. The van der Waals surface area contributed by atoms with E-state index in [-0.39, 0.29) is 10.7 Å². The Balaban J connectivity index is 3.15. The van der Waals surface area contributed by atoms with Gasteiger partial charge in [0.15, 0.2) is 5.82 Å². The average Bonchev–Trinajstić information content (AvgIpc) is 2.58. The summed E-state index contributed by atoms with van der Waals surface area (Å²) in [5.41, 5.74) is 6.33. The number of aromatic nitrogens is 2. The zero-order valence-electron chi connectivity index (χ0n) is 12.9. The van der Waals surface area contributed by atoms with E-state index in [4.69, 9.17) is 5.73 Å². The van der Waals surface area contributed by atoms with E-state index >= 15 is 0 Å². The number of hydrogen-bond acceptors (Lipinski definition) is 5. The van der Waals surface area contributed by atoms with E-state index in [1.807, 2.05) is 25.9 Å². The summed E-state index contributed by atoms with van der Waals surface area (Å²) in [6.07, 6.45) is 0.756. The summed E-state index contributed by atoms with van der Waals surface area (Å²) in [5, 5.41) is 3.99. The zero-order valence-corrected chi connectivity index (χ0v) is 13.7. The lowest BCUT2D eigenvalue weighted by molar-refractivity contribution is 0.333. The number of anilines is 1. The fourth-order valence-corrected chi connectivity index (χ4v) is 3.79. The van der Waals surface area contributed by atoms with Crippen LogP contribution in [-0.2, 0) is 17.1 Å². The van der Waals surface area contributed by atoms with Crippen LogP contribution >= 0.6 is 0 Å². The molecule has 7 nitrogen and oxygen atoms in total. The lowest BCUT2D eigenvalue weighted by atomic mass is 10.4. The van der Waals surface area contributed by atoms with Gasteiger partial charge in [0.2, 0.25) is 10.0 Å². The monoisotopic (exact) mass is 303 g/mol. The van der Waals surface area contributed by atoms with Crippen LogP contribution in [0.1, 0.15) is 19.0 Å². The second-order valence-corrected chi connectivity index (χ2v) is 7.01. The first-order valence-corrected chi connectivity index (χ1v) is 8.09. The molecule has 0 aliphatic rings. The van der Waals surface area contributed by atoms with Crippen LogP contribution in [0.2, 0.25) is 0 Å². The van der Waals surface area contributed by atoms with E-state index in [0.717, 1.165) is 6.42 Å². The molecule has 0 saturated carbocycles. The fraction of sp³-hybridized carbons (Fsp3) is 0.750. The molecule has 0 radical (unpaired) electrons. The van der Waals surface area contributed by atoms with Crippen molar-refractivity contribution in [3.8, 4) is 0 Å². The normalized spacial score (nSPS) is 12.6. The van der Waals surface area contributed by atoms with Gasteiger partial charge in [0, 0.05) is 26.7 Å². The van der Waals surface area contributed by atoms with E-state index in [0.29, 0.717) is 25.3 Å². The minimum Gasteiger partial charge on any atom is -0.381 e. The van der Waals surface area contributed by atoms with Crippen molar-refractivity contribution in [2.45, 2.75) is 25.2 Å². The van der Waals surface area contributed by atoms with Gasteiger partial charge in [-0.25, -0.2) is 8.42 Å². The fourth-order valence-electron chi connectivity index (χ4n) is 1.98. The Morgan fingerprint density at radius 2 is 1.85 bits per heavy atom. The van der Waals surface area contributed by atoms with Gasteiger partial charge in [-0.3, -0.25) is 4.68 Å². The Bertz CT molecular complexity index is 550. The van der Waals surface area contributed by atoms with Crippen LogP contribution < -0.4 is 5.73 Å². The number of likely N-dealkylation sites (N-methyl/N-ethyl adjacent to an activating group) is 1. The summed E-state index contributed by atoms with van der Waals surface area (Å²) in [7, 11) is 1.92. The van der Waals surface area contributed by atoms with Crippen LogP contribution in [0.4, 0.5) is 5.82 Å². The highest BCUT2D eigenvalue weighted by Crippen LogP contribution is 2.25. The molecule has 116 valence electrons. The smallest absolute Gasteiger partial charge is 0.248 e. The quantitative estimate of drug-likeness (QED) is 0.782. The predicted octanol–water partition coefficient (Wildman–Crippen LogP) is 0.273. The highest BCUT2D eigenvalue weighted by molar-refractivity contribution is 7.89. The molecule has 8 heteroatoms. The molecule has 2 N–H and O–H groups in total. The third kappa shape index (κ3) is 3.50. The number of hydrogen-bond donors (Lipinski definition) is 1. The first-order valence-electron chi connectivity index (χ1n) is 6.65. The van der Waals surface area contributed by atoms with Crippen LogP contribution in [0.5, 0.6) is 0 Å². The van der Waals surface area contributed by atoms with E-state index < -0.39 is 10.0 Å². The van der Waals surface area contributed by atoms with Gasteiger partial charge >= 0.3 is 0 Å². The Morgan fingerprint density at radius 3 is 2.25 bits per heavy atom. The van der Waals surface area contributed by atoms with Gasteiger partial charge in [-0.15, -0.1) is 0 Å². The first-order chi connectivity index (χ1) is 9.21. The summed E-state index contributed by atoms with van der Waals surface area (Å²) in [4.78, 5) is 2.09. The minimum atomic E-state index is -3.60. The highest BCUT2D eigenvalue weighted by Gasteiger charge is 2.30. The van der Waals surface area contributed by atoms with Crippen LogP contribution in [0.25, 0.3) is 0 Å². The summed E-state index contributed by atoms with van der Waals surface area (Å²) in [6.45, 7) is 5.25. The maximum Gasteiger partial charge on any atom is 0.248 e. The molecule has 0 fully saturated rings. The lowest BCUT2D eigenvalue weighted by Gasteiger charge is -2.23. The minimum absolute atomic E-state index is 0.0657. The molecular formula is C12H25N5O2S. The molecule has 0 saturated heterocycles. The van der Waals surface area contributed by atoms with E-state index in [2.05, 4.69) is 5.10 Å². The van der Waals surface area contributed by atoms with Crippen molar-refractivity contribution in [1.29, 1.82) is 0 Å². The average molecular weight is 303 g/mol. The largest absolute Gasteiger partial charge is 0.381 e. The molecule has 0 bridgehead atoms. The molecule has 1 aromatic heterocycles. The Labute approximate surface area is 121 Å². The lowest BCUT2D eigenvalue weighted by Crippen LogP contribution is -2.37. The maximum atomic E-state index is 12.8. The van der Waals surface area contributed by atoms with Crippen LogP contribution in [0.15, 0.2) is 4.90 Å². The molecular weight excluding hydrogens is 278 g/mol. The summed E-state index contributed by atoms with van der Waals surface area (Å²) >= 11 is 0. The van der Waals surface area contributed by atoms with Gasteiger partial charge in [-0.1, -0.05) is 6.92 Å². The molecule has 0 aliphatic heterocycles. The predicted molar refractivity (Wildman–Crippen MR) is 80.0 cm³/mol. The van der Waals surface area contributed by atoms with E-state index in [9.17, 15) is 8.42 Å². The SMILES string of the molecule is CCCN(CCN(C)C)S(=O)(=O)c1c(N)nn(C)c1C. The molecule has 1 rings (SSSR count). The second-order valence-electron chi connectivity index (χ2n) is 5.13. The third-order valence-corrected chi connectivity index (χ3v) is 5.24. The molecule has 20 heavy (non-hydrogen) atoms. The highest BCUT2D eigenvalue weighted by atomic mass is 32.2. The van der Waals surface area contributed by atoms with Gasteiger partial charge in [0.1, 0.15) is 4.90 Å².